The molecule has 0 saturated carbocycles. The maximum absolute atomic E-state index is 6.19. The summed E-state index contributed by atoms with van der Waals surface area (Å²) in [6.45, 7) is 0. The van der Waals surface area contributed by atoms with Crippen molar-refractivity contribution in [2.75, 3.05) is 4.90 Å². The average molecular weight is 705 g/mol. The minimum Gasteiger partial charge on any atom is -0.456 e. The smallest absolute Gasteiger partial charge is 0.136 e. The summed E-state index contributed by atoms with van der Waals surface area (Å²) in [7, 11) is 0. The van der Waals surface area contributed by atoms with Gasteiger partial charge in [0, 0.05) is 38.8 Å². The molecule has 0 fully saturated rings. The van der Waals surface area contributed by atoms with Gasteiger partial charge in [0.25, 0.3) is 0 Å². The molecule has 2 heterocycles. The van der Waals surface area contributed by atoms with Crippen molar-refractivity contribution in [3.05, 3.63) is 212 Å². The number of aromatic nitrogens is 1. The van der Waals surface area contributed by atoms with Crippen LogP contribution in [0.4, 0.5) is 11.4 Å². The van der Waals surface area contributed by atoms with E-state index in [1.807, 2.05) is 12.1 Å². The normalized spacial score (nSPS) is 15.5. The van der Waals surface area contributed by atoms with Crippen molar-refractivity contribution in [1.82, 2.24) is 4.57 Å². The lowest BCUT2D eigenvalue weighted by molar-refractivity contribution is 0.669. The molecule has 0 spiro atoms. The minimum atomic E-state index is 0.0375. The first-order chi connectivity index (χ1) is 27.3. The van der Waals surface area contributed by atoms with Gasteiger partial charge in [-0.3, -0.25) is 0 Å². The quantitative estimate of drug-likeness (QED) is 0.172. The zero-order valence-electron chi connectivity index (χ0n) is 30.1. The Bertz CT molecular complexity index is 3100. The van der Waals surface area contributed by atoms with E-state index in [4.69, 9.17) is 4.42 Å². The highest BCUT2D eigenvalue weighted by Gasteiger charge is 2.30. The summed E-state index contributed by atoms with van der Waals surface area (Å²) in [5.74, 6) is 0.153. The first-order valence-corrected chi connectivity index (χ1v) is 19.0. The fourth-order valence-corrected chi connectivity index (χ4v) is 8.90. The minimum absolute atomic E-state index is 0.0375. The highest BCUT2D eigenvalue weighted by atomic mass is 16.3. The van der Waals surface area contributed by atoms with E-state index < -0.39 is 0 Å². The van der Waals surface area contributed by atoms with E-state index in [1.54, 1.807) is 0 Å². The maximum atomic E-state index is 6.19. The molecule has 2 unspecified atom stereocenters. The van der Waals surface area contributed by atoms with E-state index in [9.17, 15) is 0 Å². The Hall–Kier alpha value is -7.10. The Morgan fingerprint density at radius 2 is 1.18 bits per heavy atom. The number of allylic oxidation sites excluding steroid dienone is 2. The topological polar surface area (TPSA) is 21.3 Å². The third-order valence-corrected chi connectivity index (χ3v) is 11.4. The third-order valence-electron chi connectivity index (χ3n) is 11.4. The molecule has 0 bridgehead atoms. The molecule has 0 aliphatic heterocycles. The van der Waals surface area contributed by atoms with Crippen LogP contribution in [-0.4, -0.2) is 10.6 Å². The summed E-state index contributed by atoms with van der Waals surface area (Å²) < 4.78 is 8.60. The van der Waals surface area contributed by atoms with Crippen LogP contribution in [0.25, 0.3) is 71.3 Å². The van der Waals surface area contributed by atoms with Crippen molar-refractivity contribution in [2.45, 2.75) is 12.0 Å². The van der Waals surface area contributed by atoms with Crippen molar-refractivity contribution in [2.24, 2.45) is 0 Å². The summed E-state index contributed by atoms with van der Waals surface area (Å²) in [6.07, 6.45) is 9.11. The molecule has 3 nitrogen and oxygen atoms in total. The molecule has 0 radical (unpaired) electrons. The van der Waals surface area contributed by atoms with Crippen molar-refractivity contribution < 1.29 is 4.42 Å². The highest BCUT2D eigenvalue weighted by molar-refractivity contribution is 6.19. The predicted octanol–water partition coefficient (Wildman–Crippen LogP) is 13.9. The number of benzene rings is 8. The van der Waals surface area contributed by atoms with Gasteiger partial charge in [-0.1, -0.05) is 146 Å². The second-order valence-electron chi connectivity index (χ2n) is 14.4. The van der Waals surface area contributed by atoms with Gasteiger partial charge in [0.1, 0.15) is 11.2 Å². The molecule has 0 N–H and O–H groups in total. The van der Waals surface area contributed by atoms with E-state index in [-0.39, 0.29) is 12.0 Å². The maximum Gasteiger partial charge on any atom is 0.136 e. The molecule has 55 heavy (non-hydrogen) atoms. The SMILES string of the molecule is C1=CC(c2ccccc2)C(N(c2ccc(-c3ccc4c(ccc5oc6ccccc6c54)c3)cc2)c2cccc3c2c2ccccc2n3-c2ccccc2)C=C1. The fourth-order valence-electron chi connectivity index (χ4n) is 8.90. The van der Waals surface area contributed by atoms with Gasteiger partial charge in [0.05, 0.1) is 22.8 Å². The zero-order chi connectivity index (χ0) is 36.3. The molecule has 11 rings (SSSR count). The van der Waals surface area contributed by atoms with Crippen molar-refractivity contribution in [3.63, 3.8) is 0 Å². The number of anilines is 2. The van der Waals surface area contributed by atoms with Gasteiger partial charge >= 0.3 is 0 Å². The average Bonchev–Trinajstić information content (AvgIpc) is 3.81. The van der Waals surface area contributed by atoms with Gasteiger partial charge in [-0.25, -0.2) is 0 Å². The van der Waals surface area contributed by atoms with Crippen LogP contribution >= 0.6 is 0 Å². The molecule has 260 valence electrons. The van der Waals surface area contributed by atoms with Crippen LogP contribution in [0, 0.1) is 0 Å². The van der Waals surface area contributed by atoms with Crippen LogP contribution in [-0.2, 0) is 0 Å². The lowest BCUT2D eigenvalue weighted by atomic mass is 9.86. The predicted molar refractivity (Wildman–Crippen MR) is 231 cm³/mol. The third kappa shape index (κ3) is 5.12. The molecule has 3 heteroatoms. The number of fused-ring (bicyclic) bond motifs is 8. The van der Waals surface area contributed by atoms with Crippen molar-refractivity contribution in [3.8, 4) is 16.8 Å². The fraction of sp³-hybridized carbons (Fsp3) is 0.0385. The molecule has 2 atom stereocenters. The second kappa shape index (κ2) is 12.8. The molecular weight excluding hydrogens is 669 g/mol. The summed E-state index contributed by atoms with van der Waals surface area (Å²) in [4.78, 5) is 2.56. The molecule has 8 aromatic carbocycles. The van der Waals surface area contributed by atoms with Gasteiger partial charge in [-0.15, -0.1) is 0 Å². The van der Waals surface area contributed by atoms with E-state index in [0.717, 1.165) is 27.9 Å². The largest absolute Gasteiger partial charge is 0.456 e. The highest BCUT2D eigenvalue weighted by Crippen LogP contribution is 2.45. The van der Waals surface area contributed by atoms with Crippen LogP contribution in [0.1, 0.15) is 11.5 Å². The number of hydrogen-bond donors (Lipinski definition) is 0. The monoisotopic (exact) mass is 704 g/mol. The van der Waals surface area contributed by atoms with Crippen LogP contribution in [0.2, 0.25) is 0 Å². The van der Waals surface area contributed by atoms with Crippen LogP contribution < -0.4 is 4.90 Å². The molecule has 0 amide bonds. The van der Waals surface area contributed by atoms with E-state index >= 15 is 0 Å². The van der Waals surface area contributed by atoms with E-state index in [1.165, 1.54) is 60.3 Å². The van der Waals surface area contributed by atoms with Crippen LogP contribution in [0.3, 0.4) is 0 Å². The van der Waals surface area contributed by atoms with Gasteiger partial charge in [-0.2, -0.15) is 0 Å². The summed E-state index contributed by atoms with van der Waals surface area (Å²) in [5.41, 5.74) is 11.4. The number of hydrogen-bond acceptors (Lipinski definition) is 2. The molecule has 10 aromatic rings. The van der Waals surface area contributed by atoms with E-state index in [0.29, 0.717) is 0 Å². The molecule has 2 aromatic heterocycles. The van der Waals surface area contributed by atoms with Crippen molar-refractivity contribution in [1.29, 1.82) is 0 Å². The summed E-state index contributed by atoms with van der Waals surface area (Å²) in [6, 6.07) is 65.8. The second-order valence-corrected chi connectivity index (χ2v) is 14.4. The van der Waals surface area contributed by atoms with Crippen molar-refractivity contribution >= 4 is 65.9 Å². The Balaban J connectivity index is 1.08. The number of rotatable bonds is 6. The zero-order valence-corrected chi connectivity index (χ0v) is 30.1. The lowest BCUT2D eigenvalue weighted by Gasteiger charge is -2.38. The Morgan fingerprint density at radius 3 is 2.04 bits per heavy atom. The van der Waals surface area contributed by atoms with Crippen LogP contribution in [0.5, 0.6) is 0 Å². The van der Waals surface area contributed by atoms with Gasteiger partial charge in [-0.05, 0) is 88.1 Å². The van der Waals surface area contributed by atoms with Gasteiger partial charge in [0.2, 0.25) is 0 Å². The molecule has 1 aliphatic rings. The van der Waals surface area contributed by atoms with E-state index in [2.05, 4.69) is 204 Å². The molecular formula is C52H36N2O. The first kappa shape index (κ1) is 31.4. The first-order valence-electron chi connectivity index (χ1n) is 19.0. The number of furan rings is 1. The number of para-hydroxylation sites is 3. The van der Waals surface area contributed by atoms with Gasteiger partial charge in [0.15, 0.2) is 0 Å². The lowest BCUT2D eigenvalue weighted by Crippen LogP contribution is -2.35. The Morgan fingerprint density at radius 1 is 0.473 bits per heavy atom. The van der Waals surface area contributed by atoms with Gasteiger partial charge < -0.3 is 13.9 Å². The molecule has 1 aliphatic carbocycles. The summed E-state index contributed by atoms with van der Waals surface area (Å²) in [5, 5.41) is 7.22. The Labute approximate surface area is 319 Å². The Kier molecular flexibility index (Phi) is 7.31. The number of nitrogens with zero attached hydrogens (tertiary/aromatic N) is 2. The molecule has 0 saturated heterocycles. The summed E-state index contributed by atoms with van der Waals surface area (Å²) >= 11 is 0. The standard InChI is InChI=1S/C52H36N2O/c1-3-14-36(15-4-1)41-18-7-10-21-45(41)54(48-24-13-23-47-52(48)43-19-8-11-22-46(43)53(47)39-16-5-2-6-17-39)40-30-26-35(27-31-40)37-28-32-42-38(34-37)29-33-50-51(42)44-20-9-12-25-49(44)55-50/h1-34,41,45H. The van der Waals surface area contributed by atoms with Crippen LogP contribution in [0.15, 0.2) is 211 Å².